The molecule has 2 saturated heterocycles. The van der Waals surface area contributed by atoms with Gasteiger partial charge in [0.25, 0.3) is 11.8 Å². The lowest BCUT2D eigenvalue weighted by atomic mass is 9.84. The maximum Gasteiger partial charge on any atom is 0.324 e. The first-order valence-corrected chi connectivity index (χ1v) is 22.7. The standard InChI is InChI=1S/C51H63N7O6/c1-10-14-43(59)57-24-21-36(29-57)48(61)56(9)45(32(4)5)47(60)53-41-26-33-15-11-16-34(25-33)35-19-20-42-38(27-35)39(46(55(42)8)37-17-12-22-52-44(37)31(2)3)28-51(6,7)30-64-50(63)40-18-13-23-58(54-40)49(41)62/h11-12,15-17,19-20,22,25,27,31-32,36,40-41,45,54H,13,18,21,23-24,26,28-30H2,1-9H3,(H,53,60)/t36-,40-,41-,45-/m0/s1. The van der Waals surface area contributed by atoms with Gasteiger partial charge in [-0.05, 0) is 96.9 Å². The third kappa shape index (κ3) is 9.58. The summed E-state index contributed by atoms with van der Waals surface area (Å²) < 4.78 is 8.35. The van der Waals surface area contributed by atoms with Crippen molar-refractivity contribution in [2.45, 2.75) is 105 Å². The molecule has 2 N–H and O–H groups in total. The second-order valence-corrected chi connectivity index (χ2v) is 19.2. The van der Waals surface area contributed by atoms with Crippen LogP contribution < -0.4 is 10.7 Å². The normalized spacial score (nSPS) is 20.6. The first-order valence-electron chi connectivity index (χ1n) is 22.7. The minimum absolute atomic E-state index is 0.155. The topological polar surface area (TPSA) is 146 Å². The molecule has 7 rings (SSSR count). The highest BCUT2D eigenvalue weighted by Gasteiger charge is 2.40. The first kappa shape index (κ1) is 46.0. The van der Waals surface area contributed by atoms with Gasteiger partial charge in [0.05, 0.1) is 23.9 Å². The number of nitrogens with zero attached hydrogens (tertiary/aromatic N) is 5. The molecule has 13 heteroatoms. The number of aryl methyl sites for hydroxylation is 1. The average molecular weight is 870 g/mol. The number of hydrazine groups is 1. The number of ether oxygens (including phenoxy) is 1. The fraction of sp³-hybridized carbons (Fsp3) is 0.490. The third-order valence-electron chi connectivity index (χ3n) is 13.0. The number of aromatic nitrogens is 2. The lowest BCUT2D eigenvalue weighted by Crippen LogP contribution is -2.62. The number of nitrogens with one attached hydrogen (secondary N) is 2. The molecule has 3 aliphatic heterocycles. The van der Waals surface area contributed by atoms with Crippen LogP contribution in [0.4, 0.5) is 0 Å². The van der Waals surface area contributed by atoms with Crippen LogP contribution in [0, 0.1) is 29.1 Å². The Hall–Kier alpha value is -6.00. The summed E-state index contributed by atoms with van der Waals surface area (Å²) in [5, 5.41) is 5.59. The monoisotopic (exact) mass is 869 g/mol. The van der Waals surface area contributed by atoms with Crippen molar-refractivity contribution in [1.29, 1.82) is 0 Å². The van der Waals surface area contributed by atoms with Crippen molar-refractivity contribution >= 4 is 40.5 Å². The van der Waals surface area contributed by atoms with E-state index in [1.165, 1.54) is 9.91 Å². The van der Waals surface area contributed by atoms with E-state index in [1.54, 1.807) is 18.9 Å². The number of likely N-dealkylation sites (N-methyl/N-ethyl adjacent to an activating group) is 1. The van der Waals surface area contributed by atoms with Crippen LogP contribution in [0.5, 0.6) is 0 Å². The van der Waals surface area contributed by atoms with Gasteiger partial charge in [0.15, 0.2) is 0 Å². The number of hydrogen-bond acceptors (Lipinski definition) is 8. The molecular weight excluding hydrogens is 807 g/mol. The van der Waals surface area contributed by atoms with E-state index in [2.05, 4.69) is 98.3 Å². The Bertz CT molecular complexity index is 2510. The van der Waals surface area contributed by atoms with Crippen LogP contribution in [0.1, 0.15) is 90.5 Å². The number of likely N-dealkylation sites (tertiary alicyclic amines) is 1. The van der Waals surface area contributed by atoms with Crippen LogP contribution in [0.2, 0.25) is 0 Å². The van der Waals surface area contributed by atoms with E-state index in [9.17, 15) is 24.0 Å². The highest BCUT2D eigenvalue weighted by molar-refractivity contribution is 5.97. The summed E-state index contributed by atoms with van der Waals surface area (Å²) in [6.07, 6.45) is 4.12. The van der Waals surface area contributed by atoms with Crippen molar-refractivity contribution in [2.75, 3.05) is 33.3 Å². The number of hydrogen-bond donors (Lipinski definition) is 2. The zero-order valence-electron chi connectivity index (χ0n) is 38.8. The number of esters is 1. The lowest BCUT2D eigenvalue weighted by Gasteiger charge is -2.37. The van der Waals surface area contributed by atoms with Crippen molar-refractivity contribution < 1.29 is 28.7 Å². The summed E-state index contributed by atoms with van der Waals surface area (Å²) in [7, 11) is 3.71. The van der Waals surface area contributed by atoms with Gasteiger partial charge in [0.2, 0.25) is 11.8 Å². The molecule has 6 bridgehead atoms. The van der Waals surface area contributed by atoms with Gasteiger partial charge in [-0.15, -0.1) is 0 Å². The Kier molecular flexibility index (Phi) is 13.7. The quantitative estimate of drug-likeness (QED) is 0.169. The zero-order valence-corrected chi connectivity index (χ0v) is 38.8. The van der Waals surface area contributed by atoms with Crippen LogP contribution in [0.15, 0.2) is 60.8 Å². The highest BCUT2D eigenvalue weighted by Crippen LogP contribution is 2.41. The predicted octanol–water partition coefficient (Wildman–Crippen LogP) is 6.03. The predicted molar refractivity (Wildman–Crippen MR) is 247 cm³/mol. The Morgan fingerprint density at radius 2 is 1.77 bits per heavy atom. The van der Waals surface area contributed by atoms with Crippen molar-refractivity contribution in [3.8, 4) is 34.2 Å². The van der Waals surface area contributed by atoms with Crippen molar-refractivity contribution in [3.05, 3.63) is 77.6 Å². The van der Waals surface area contributed by atoms with E-state index in [1.807, 2.05) is 38.2 Å². The zero-order chi connectivity index (χ0) is 46.0. The molecule has 5 heterocycles. The van der Waals surface area contributed by atoms with E-state index in [4.69, 9.17) is 9.72 Å². The van der Waals surface area contributed by atoms with Gasteiger partial charge in [-0.2, -0.15) is 0 Å². The van der Waals surface area contributed by atoms with Gasteiger partial charge < -0.3 is 24.4 Å². The lowest BCUT2D eigenvalue weighted by molar-refractivity contribution is -0.155. The van der Waals surface area contributed by atoms with Gasteiger partial charge in [-0.25, -0.2) is 5.43 Å². The van der Waals surface area contributed by atoms with E-state index in [-0.39, 0.29) is 43.2 Å². The summed E-state index contributed by atoms with van der Waals surface area (Å²) >= 11 is 0. The molecule has 0 unspecified atom stereocenters. The van der Waals surface area contributed by atoms with Crippen LogP contribution in [-0.2, 0) is 48.6 Å². The third-order valence-corrected chi connectivity index (χ3v) is 13.0. The minimum Gasteiger partial charge on any atom is -0.464 e. The number of amides is 4. The Morgan fingerprint density at radius 1 is 1.00 bits per heavy atom. The molecule has 4 aromatic rings. The molecular formula is C51H63N7O6. The maximum absolute atomic E-state index is 14.7. The van der Waals surface area contributed by atoms with Gasteiger partial charge in [-0.3, -0.25) is 34.0 Å². The Labute approximate surface area is 377 Å². The number of cyclic esters (lactones) is 1. The number of benzene rings is 2. The number of carbonyl (C=O) groups excluding carboxylic acids is 5. The second kappa shape index (κ2) is 19.0. The Balaban J connectivity index is 1.26. The molecule has 13 nitrogen and oxygen atoms in total. The van der Waals surface area contributed by atoms with E-state index in [0.29, 0.717) is 38.8 Å². The molecule has 0 radical (unpaired) electrons. The van der Waals surface area contributed by atoms with Crippen LogP contribution in [0.25, 0.3) is 33.3 Å². The number of carbonyl (C=O) groups is 5. The SMILES string of the molecule is CC#CC(=O)N1CC[C@H](C(=O)N(C)[C@H](C(=O)N[C@H]2Cc3cccc(c3)-c3ccc4c(c3)c(c(-c3cccnc3C(C)C)n4C)CC(C)(C)COC(=O)[C@@H]3CCCN(N3)C2=O)C(C)C)C1. The van der Waals surface area contributed by atoms with Crippen LogP contribution >= 0.6 is 0 Å². The fourth-order valence-corrected chi connectivity index (χ4v) is 9.75. The molecule has 0 spiro atoms. The number of pyridine rings is 1. The van der Waals surface area contributed by atoms with Crippen LogP contribution in [-0.4, -0.2) is 105 Å². The van der Waals surface area contributed by atoms with Crippen LogP contribution in [0.3, 0.4) is 0 Å². The number of fused-ring (bicyclic) bond motifs is 6. The molecule has 64 heavy (non-hydrogen) atoms. The van der Waals surface area contributed by atoms with E-state index < -0.39 is 47.2 Å². The molecule has 0 saturated carbocycles. The van der Waals surface area contributed by atoms with E-state index >= 15 is 0 Å². The number of rotatable bonds is 7. The smallest absolute Gasteiger partial charge is 0.324 e. The molecule has 338 valence electrons. The molecule has 0 aliphatic carbocycles. The van der Waals surface area contributed by atoms with E-state index in [0.717, 1.165) is 50.1 Å². The van der Waals surface area contributed by atoms with Crippen molar-refractivity contribution in [2.24, 2.45) is 24.3 Å². The highest BCUT2D eigenvalue weighted by atomic mass is 16.5. The van der Waals surface area contributed by atoms with Crippen molar-refractivity contribution in [1.82, 2.24) is 35.1 Å². The summed E-state index contributed by atoms with van der Waals surface area (Å²) in [6.45, 7) is 15.0. The van der Waals surface area contributed by atoms with Gasteiger partial charge in [0.1, 0.15) is 18.1 Å². The summed E-state index contributed by atoms with van der Waals surface area (Å²) in [5.41, 5.74) is 10.9. The molecule has 4 amide bonds. The van der Waals surface area contributed by atoms with Gasteiger partial charge >= 0.3 is 5.97 Å². The summed E-state index contributed by atoms with van der Waals surface area (Å²) in [4.78, 5) is 77.3. The minimum atomic E-state index is -1.04. The first-order chi connectivity index (χ1) is 30.5. The van der Waals surface area contributed by atoms with Crippen molar-refractivity contribution in [3.63, 3.8) is 0 Å². The second-order valence-electron chi connectivity index (χ2n) is 19.2. The van der Waals surface area contributed by atoms with Gasteiger partial charge in [-0.1, -0.05) is 77.8 Å². The average Bonchev–Trinajstić information content (AvgIpc) is 3.87. The molecule has 4 atom stereocenters. The molecule has 2 fully saturated rings. The summed E-state index contributed by atoms with van der Waals surface area (Å²) in [5.74, 6) is 2.72. The van der Waals surface area contributed by atoms with Gasteiger partial charge in [0, 0.05) is 68.2 Å². The largest absolute Gasteiger partial charge is 0.464 e. The molecule has 3 aliphatic rings. The maximum atomic E-state index is 14.7. The molecule has 2 aromatic heterocycles. The fourth-order valence-electron chi connectivity index (χ4n) is 9.75. The summed E-state index contributed by atoms with van der Waals surface area (Å²) in [6, 6.07) is 16.0. The Morgan fingerprint density at radius 3 is 2.50 bits per heavy atom. The molecule has 2 aromatic carbocycles.